The molecule has 0 radical (unpaired) electrons. The number of fused-ring (bicyclic) bond motifs is 2. The first-order chi connectivity index (χ1) is 27.8. The quantitative estimate of drug-likeness (QED) is 0.113. The highest BCUT2D eigenvalue weighted by atomic mass is 16.6. The number of cyclic esters (lactones) is 1. The molecule has 1 unspecified atom stereocenters. The van der Waals surface area contributed by atoms with Gasteiger partial charge in [-0.1, -0.05) is 78.0 Å². The highest BCUT2D eigenvalue weighted by molar-refractivity contribution is 5.76. The van der Waals surface area contributed by atoms with Crippen LogP contribution in [0.25, 0.3) is 0 Å². The van der Waals surface area contributed by atoms with Crippen molar-refractivity contribution in [1.82, 2.24) is 0 Å². The van der Waals surface area contributed by atoms with Crippen molar-refractivity contribution < 1.29 is 43.2 Å². The third kappa shape index (κ3) is 12.0. The molecule has 13 atom stereocenters. The van der Waals surface area contributed by atoms with E-state index in [-0.39, 0.29) is 90.5 Å². The van der Waals surface area contributed by atoms with Crippen LogP contribution in [0.15, 0.2) is 47.6 Å². The van der Waals surface area contributed by atoms with E-state index in [2.05, 4.69) is 64.2 Å². The fraction of sp³-hybridized carbons (Fsp3) is 0.760. The van der Waals surface area contributed by atoms with Gasteiger partial charge in [-0.3, -0.25) is 19.2 Å². The summed E-state index contributed by atoms with van der Waals surface area (Å²) < 4.78 is 24.2. The number of esters is 4. The summed E-state index contributed by atoms with van der Waals surface area (Å²) in [5, 5.41) is 11.1. The van der Waals surface area contributed by atoms with Crippen LogP contribution in [-0.2, 0) is 38.1 Å². The van der Waals surface area contributed by atoms with Crippen LogP contribution in [0, 0.1) is 58.2 Å². The van der Waals surface area contributed by atoms with Crippen LogP contribution in [0.2, 0.25) is 0 Å². The second-order valence-corrected chi connectivity index (χ2v) is 20.3. The lowest BCUT2D eigenvalue weighted by Crippen LogP contribution is -2.43. The van der Waals surface area contributed by atoms with Gasteiger partial charge in [-0.25, -0.2) is 0 Å². The van der Waals surface area contributed by atoms with Gasteiger partial charge in [-0.05, 0) is 139 Å². The second-order valence-electron chi connectivity index (χ2n) is 20.3. The van der Waals surface area contributed by atoms with Gasteiger partial charge >= 0.3 is 23.9 Å². The Morgan fingerprint density at radius 1 is 0.746 bits per heavy atom. The van der Waals surface area contributed by atoms with Gasteiger partial charge in [-0.2, -0.15) is 0 Å². The first kappa shape index (κ1) is 46.9. The van der Waals surface area contributed by atoms with Crippen molar-refractivity contribution in [1.29, 1.82) is 0 Å². The van der Waals surface area contributed by atoms with Crippen molar-refractivity contribution >= 4 is 23.9 Å². The molecule has 9 heteroatoms. The monoisotopic (exact) mass is 821 g/mol. The van der Waals surface area contributed by atoms with Crippen molar-refractivity contribution in [3.8, 4) is 0 Å². The fourth-order valence-corrected chi connectivity index (χ4v) is 10.1. The second kappa shape index (κ2) is 20.1. The number of carbonyl (C=O) groups is 4. The minimum atomic E-state index is -0.564. The van der Waals surface area contributed by atoms with Crippen molar-refractivity contribution in [2.24, 2.45) is 58.2 Å². The SMILES string of the molecule is CCC(C)(C)C(=O)O[C@H]1C[C@@H](C)C=C2C=C[C@H](C)[C@H](CC[C@@H]3C[C@@H](OC(=O)CCC[C@H](O)CCC4[C@@H](C)C=CC5=C[C@H](C)C[C@H](OC(=O)C(C)(C)CC)[C@@H]54)CC(=O)O3)[C@@H]21. The molecular weight excluding hydrogens is 745 g/mol. The Kier molecular flexibility index (Phi) is 16.0. The van der Waals surface area contributed by atoms with Gasteiger partial charge in [0.1, 0.15) is 24.4 Å². The zero-order valence-corrected chi connectivity index (χ0v) is 37.9. The maximum atomic E-state index is 13.2. The summed E-state index contributed by atoms with van der Waals surface area (Å²) in [5.74, 6) is 0.807. The smallest absolute Gasteiger partial charge is 0.311 e. The fourth-order valence-electron chi connectivity index (χ4n) is 10.1. The van der Waals surface area contributed by atoms with Crippen LogP contribution in [-0.4, -0.2) is 59.5 Å². The number of rotatable bonds is 17. The summed E-state index contributed by atoms with van der Waals surface area (Å²) in [6.07, 6.45) is 19.1. The molecule has 5 rings (SSSR count). The summed E-state index contributed by atoms with van der Waals surface area (Å²) in [7, 11) is 0. The van der Waals surface area contributed by atoms with Crippen LogP contribution < -0.4 is 0 Å². The third-order valence-electron chi connectivity index (χ3n) is 14.7. The average molecular weight is 821 g/mol. The van der Waals surface area contributed by atoms with E-state index in [0.717, 1.165) is 25.7 Å². The summed E-state index contributed by atoms with van der Waals surface area (Å²) in [5.41, 5.74) is 1.38. The Bertz CT molecular complexity index is 1620. The lowest BCUT2D eigenvalue weighted by Gasteiger charge is -2.44. The minimum absolute atomic E-state index is 0.0444. The largest absolute Gasteiger partial charge is 0.462 e. The van der Waals surface area contributed by atoms with Crippen LogP contribution in [0.3, 0.4) is 0 Å². The van der Waals surface area contributed by atoms with E-state index in [4.69, 9.17) is 18.9 Å². The van der Waals surface area contributed by atoms with Crippen LogP contribution in [0.5, 0.6) is 0 Å². The summed E-state index contributed by atoms with van der Waals surface area (Å²) in [4.78, 5) is 52.2. The molecule has 59 heavy (non-hydrogen) atoms. The molecular formula is C50H76O9. The minimum Gasteiger partial charge on any atom is -0.462 e. The number of hydrogen-bond acceptors (Lipinski definition) is 9. The Hall–Kier alpha value is -3.20. The molecule has 0 amide bonds. The molecule has 1 heterocycles. The summed E-state index contributed by atoms with van der Waals surface area (Å²) in [6.45, 7) is 20.6. The van der Waals surface area contributed by atoms with Gasteiger partial charge in [0.2, 0.25) is 0 Å². The van der Waals surface area contributed by atoms with E-state index >= 15 is 0 Å². The average Bonchev–Trinajstić information content (AvgIpc) is 3.16. The van der Waals surface area contributed by atoms with Crippen molar-refractivity contribution in [3.05, 3.63) is 47.6 Å². The van der Waals surface area contributed by atoms with E-state index in [0.29, 0.717) is 56.8 Å². The van der Waals surface area contributed by atoms with Crippen molar-refractivity contribution in [3.63, 3.8) is 0 Å². The molecule has 0 bridgehead atoms. The maximum absolute atomic E-state index is 13.2. The zero-order chi connectivity index (χ0) is 43.2. The van der Waals surface area contributed by atoms with Crippen LogP contribution in [0.1, 0.15) is 153 Å². The van der Waals surface area contributed by atoms with Gasteiger partial charge in [0.25, 0.3) is 0 Å². The molecule has 5 aliphatic rings. The number of hydrogen-bond donors (Lipinski definition) is 1. The van der Waals surface area contributed by atoms with E-state index in [1.165, 1.54) is 11.1 Å². The Balaban J connectivity index is 1.09. The molecule has 0 aromatic heterocycles. The topological polar surface area (TPSA) is 125 Å². The lowest BCUT2D eigenvalue weighted by molar-refractivity contribution is -0.171. The molecule has 0 aromatic rings. The Labute approximate surface area is 355 Å². The number of ether oxygens (including phenoxy) is 4. The Morgan fingerprint density at radius 3 is 1.76 bits per heavy atom. The molecule has 0 spiro atoms. The predicted molar refractivity (Wildman–Crippen MR) is 230 cm³/mol. The lowest BCUT2D eigenvalue weighted by atomic mass is 9.65. The number of allylic oxidation sites excluding steroid dienone is 6. The first-order valence-electron chi connectivity index (χ1n) is 23.1. The standard InChI is InChI=1S/C50H76O9/c1-11-49(7,8)47(54)58-41-26-30(3)24-34-18-16-32(5)39(45(34)41)22-20-36(51)14-13-15-43(52)57-38-28-37(56-44(53)29-38)21-23-40-33(6)17-19-35-25-31(4)27-42(46(35)40)59-48(55)50(9,10)12-2/h16-19,24-25,30-33,36-42,45-46,51H,11-15,20-23,26-29H2,1-10H3/t30-,31-,32-,33-,36-,37+,38+,39?,40-,41-,42-,45-,46+/m0/s1. The molecule has 1 N–H and O–H groups in total. The summed E-state index contributed by atoms with van der Waals surface area (Å²) >= 11 is 0. The molecule has 9 nitrogen and oxygen atoms in total. The van der Waals surface area contributed by atoms with Gasteiger partial charge in [0.15, 0.2) is 0 Å². The van der Waals surface area contributed by atoms with E-state index in [9.17, 15) is 24.3 Å². The molecule has 1 fully saturated rings. The normalized spacial score (nSPS) is 33.7. The molecule has 4 aliphatic carbocycles. The predicted octanol–water partition coefficient (Wildman–Crippen LogP) is 10.2. The van der Waals surface area contributed by atoms with Gasteiger partial charge in [0, 0.05) is 24.7 Å². The van der Waals surface area contributed by atoms with Gasteiger partial charge in [-0.15, -0.1) is 0 Å². The molecule has 1 aliphatic heterocycles. The number of aliphatic hydroxyl groups excluding tert-OH is 1. The van der Waals surface area contributed by atoms with Gasteiger partial charge < -0.3 is 24.1 Å². The zero-order valence-electron chi connectivity index (χ0n) is 37.9. The van der Waals surface area contributed by atoms with E-state index < -0.39 is 23.0 Å². The molecule has 0 saturated carbocycles. The molecule has 330 valence electrons. The Morgan fingerprint density at radius 2 is 1.25 bits per heavy atom. The summed E-state index contributed by atoms with van der Waals surface area (Å²) in [6, 6.07) is 0. The maximum Gasteiger partial charge on any atom is 0.311 e. The molecule has 0 aromatic carbocycles. The number of aliphatic hydroxyl groups is 1. The highest BCUT2D eigenvalue weighted by Gasteiger charge is 2.45. The van der Waals surface area contributed by atoms with Crippen molar-refractivity contribution in [2.75, 3.05) is 0 Å². The number of carbonyl (C=O) groups excluding carboxylic acids is 4. The highest BCUT2D eigenvalue weighted by Crippen LogP contribution is 2.47. The van der Waals surface area contributed by atoms with E-state index in [1.807, 2.05) is 41.5 Å². The van der Waals surface area contributed by atoms with Crippen LogP contribution >= 0.6 is 0 Å². The third-order valence-corrected chi connectivity index (χ3v) is 14.7. The van der Waals surface area contributed by atoms with E-state index in [1.54, 1.807) is 0 Å². The van der Waals surface area contributed by atoms with Crippen LogP contribution in [0.4, 0.5) is 0 Å². The molecule has 1 saturated heterocycles. The van der Waals surface area contributed by atoms with Gasteiger partial charge in [0.05, 0.1) is 23.4 Å². The first-order valence-corrected chi connectivity index (χ1v) is 23.1. The van der Waals surface area contributed by atoms with Crippen molar-refractivity contribution in [2.45, 2.75) is 183 Å².